The van der Waals surface area contributed by atoms with Crippen LogP contribution in [0, 0.1) is 0 Å². The van der Waals surface area contributed by atoms with Crippen LogP contribution in [-0.4, -0.2) is 45.2 Å². The van der Waals surface area contributed by atoms with Crippen molar-refractivity contribution < 1.29 is 8.42 Å². The van der Waals surface area contributed by atoms with E-state index in [0.717, 1.165) is 25.9 Å². The van der Waals surface area contributed by atoms with E-state index in [9.17, 15) is 8.42 Å². The molecule has 1 N–H and O–H groups in total. The van der Waals surface area contributed by atoms with Crippen LogP contribution in [0.3, 0.4) is 0 Å². The van der Waals surface area contributed by atoms with E-state index in [1.54, 1.807) is 0 Å². The topological polar surface area (TPSA) is 49.4 Å². The Morgan fingerprint density at radius 1 is 1.46 bits per heavy atom. The number of hydrogen-bond donors (Lipinski definition) is 1. The third-order valence-electron chi connectivity index (χ3n) is 2.32. The van der Waals surface area contributed by atoms with Crippen molar-refractivity contribution in [3.63, 3.8) is 0 Å². The smallest absolute Gasteiger partial charge is 0.209 e. The molecule has 0 aromatic heterocycles. The Morgan fingerprint density at radius 3 is 2.54 bits per heavy atom. The van der Waals surface area contributed by atoms with Crippen molar-refractivity contribution in [3.05, 3.63) is 0 Å². The van der Waals surface area contributed by atoms with Crippen molar-refractivity contribution >= 4 is 10.0 Å². The summed E-state index contributed by atoms with van der Waals surface area (Å²) in [6.07, 6.45) is 3.19. The van der Waals surface area contributed by atoms with Crippen molar-refractivity contribution in [2.24, 2.45) is 0 Å². The minimum atomic E-state index is -3.08. The molecule has 1 fully saturated rings. The molecule has 0 aromatic rings. The first-order chi connectivity index (χ1) is 5.81. The number of nitrogens with zero attached hydrogens (tertiary/aromatic N) is 1. The maximum atomic E-state index is 11.1. The normalized spacial score (nSPS) is 31.9. The van der Waals surface area contributed by atoms with Crippen molar-refractivity contribution in [1.82, 2.24) is 9.62 Å². The highest BCUT2D eigenvalue weighted by Gasteiger charge is 2.31. The number of likely N-dealkylation sites (tertiary alicyclic amines) is 1. The SMILES string of the molecule is CN1CCC[C@@](C)(NS(C)(=O)=O)C1. The molecule has 13 heavy (non-hydrogen) atoms. The molecule has 1 heterocycles. The molecule has 1 saturated heterocycles. The Morgan fingerprint density at radius 2 is 2.08 bits per heavy atom. The van der Waals surface area contributed by atoms with Crippen molar-refractivity contribution in [2.45, 2.75) is 25.3 Å². The average Bonchev–Trinajstić information content (AvgIpc) is 1.79. The Hall–Kier alpha value is -0.130. The minimum Gasteiger partial charge on any atom is -0.305 e. The molecule has 0 amide bonds. The highest BCUT2D eigenvalue weighted by atomic mass is 32.2. The van der Waals surface area contributed by atoms with Gasteiger partial charge in [0.25, 0.3) is 0 Å². The number of sulfonamides is 1. The first-order valence-electron chi connectivity index (χ1n) is 4.48. The summed E-state index contributed by atoms with van der Waals surface area (Å²) >= 11 is 0. The van der Waals surface area contributed by atoms with Crippen LogP contribution in [-0.2, 0) is 10.0 Å². The van der Waals surface area contributed by atoms with E-state index in [0.29, 0.717) is 0 Å². The number of hydrogen-bond acceptors (Lipinski definition) is 3. The zero-order chi connectivity index (χ0) is 10.1. The lowest BCUT2D eigenvalue weighted by Crippen LogP contribution is -2.55. The van der Waals surface area contributed by atoms with Crippen LogP contribution >= 0.6 is 0 Å². The molecule has 0 bridgehead atoms. The van der Waals surface area contributed by atoms with Gasteiger partial charge in [0.15, 0.2) is 0 Å². The van der Waals surface area contributed by atoms with Gasteiger partial charge in [-0.05, 0) is 33.4 Å². The Bertz CT molecular complexity index is 276. The number of nitrogens with one attached hydrogen (secondary N) is 1. The maximum Gasteiger partial charge on any atom is 0.209 e. The fourth-order valence-electron chi connectivity index (χ4n) is 2.02. The zero-order valence-electron chi connectivity index (χ0n) is 8.50. The summed E-state index contributed by atoms with van der Waals surface area (Å²) in [6.45, 7) is 3.81. The van der Waals surface area contributed by atoms with Crippen LogP contribution in [0.1, 0.15) is 19.8 Å². The van der Waals surface area contributed by atoms with Gasteiger partial charge in [-0.15, -0.1) is 0 Å². The molecule has 1 aliphatic heterocycles. The predicted octanol–water partition coefficient (Wildman–Crippen LogP) is 0.0199. The van der Waals surface area contributed by atoms with Gasteiger partial charge in [-0.25, -0.2) is 13.1 Å². The molecule has 1 aliphatic rings. The number of rotatable bonds is 2. The fraction of sp³-hybridized carbons (Fsp3) is 1.00. The Labute approximate surface area is 80.4 Å². The summed E-state index contributed by atoms with van der Waals surface area (Å²) in [5.41, 5.74) is -0.277. The zero-order valence-corrected chi connectivity index (χ0v) is 9.32. The molecular weight excluding hydrogens is 188 g/mol. The predicted molar refractivity (Wildman–Crippen MR) is 53.1 cm³/mol. The Balaban J connectivity index is 2.65. The second kappa shape index (κ2) is 3.55. The quantitative estimate of drug-likeness (QED) is 0.693. The summed E-state index contributed by atoms with van der Waals surface area (Å²) in [7, 11) is -1.07. The Kier molecular flexibility index (Phi) is 2.99. The molecular formula is C8H18N2O2S. The third kappa shape index (κ3) is 3.62. The van der Waals surface area contributed by atoms with Crippen molar-refractivity contribution in [1.29, 1.82) is 0 Å². The summed E-state index contributed by atoms with van der Waals surface area (Å²) in [6, 6.07) is 0. The van der Waals surface area contributed by atoms with Crippen molar-refractivity contribution in [3.8, 4) is 0 Å². The molecule has 0 spiro atoms. The van der Waals surface area contributed by atoms with E-state index in [1.165, 1.54) is 6.26 Å². The van der Waals surface area contributed by atoms with Gasteiger partial charge >= 0.3 is 0 Å². The van der Waals surface area contributed by atoms with E-state index in [1.807, 2.05) is 14.0 Å². The van der Waals surface area contributed by atoms with Crippen LogP contribution in [0.5, 0.6) is 0 Å². The van der Waals surface area contributed by atoms with E-state index in [4.69, 9.17) is 0 Å². The van der Waals surface area contributed by atoms with Gasteiger partial charge in [-0.1, -0.05) is 0 Å². The standard InChI is InChI=1S/C8H18N2O2S/c1-8(9-13(3,11)12)5-4-6-10(2)7-8/h9H,4-7H2,1-3H3/t8-/m1/s1. The lowest BCUT2D eigenvalue weighted by molar-refractivity contribution is 0.179. The first-order valence-corrected chi connectivity index (χ1v) is 6.37. The number of likely N-dealkylation sites (N-methyl/N-ethyl adjacent to an activating group) is 1. The van der Waals surface area contributed by atoms with Crippen LogP contribution < -0.4 is 4.72 Å². The van der Waals surface area contributed by atoms with Crippen LogP contribution in [0.4, 0.5) is 0 Å². The van der Waals surface area contributed by atoms with E-state index >= 15 is 0 Å². The summed E-state index contributed by atoms with van der Waals surface area (Å²) in [5, 5.41) is 0. The minimum absolute atomic E-state index is 0.277. The second-order valence-corrected chi connectivity index (χ2v) is 6.02. The lowest BCUT2D eigenvalue weighted by Gasteiger charge is -2.38. The molecule has 5 heteroatoms. The molecule has 1 rings (SSSR count). The van der Waals surface area contributed by atoms with Gasteiger partial charge in [0.2, 0.25) is 10.0 Å². The summed E-state index contributed by atoms with van der Waals surface area (Å²) in [4.78, 5) is 2.15. The van der Waals surface area contributed by atoms with Crippen molar-refractivity contribution in [2.75, 3.05) is 26.4 Å². The van der Waals surface area contributed by atoms with Gasteiger partial charge < -0.3 is 4.90 Å². The number of piperidine rings is 1. The van der Waals surface area contributed by atoms with Gasteiger partial charge in [0.05, 0.1) is 6.26 Å². The van der Waals surface area contributed by atoms with E-state index < -0.39 is 10.0 Å². The van der Waals surface area contributed by atoms with Gasteiger partial charge in [0, 0.05) is 12.1 Å². The molecule has 0 aliphatic carbocycles. The second-order valence-electron chi connectivity index (χ2n) is 4.28. The fourth-order valence-corrected chi connectivity index (χ4v) is 3.09. The average molecular weight is 206 g/mol. The van der Waals surface area contributed by atoms with Crippen LogP contribution in [0.15, 0.2) is 0 Å². The monoisotopic (exact) mass is 206 g/mol. The molecule has 1 atom stereocenters. The molecule has 0 unspecified atom stereocenters. The third-order valence-corrected chi connectivity index (χ3v) is 3.18. The van der Waals surface area contributed by atoms with E-state index in [-0.39, 0.29) is 5.54 Å². The lowest BCUT2D eigenvalue weighted by atomic mass is 9.93. The molecule has 4 nitrogen and oxygen atoms in total. The van der Waals surface area contributed by atoms with Crippen LogP contribution in [0.25, 0.3) is 0 Å². The highest BCUT2D eigenvalue weighted by Crippen LogP contribution is 2.19. The maximum absolute atomic E-state index is 11.1. The van der Waals surface area contributed by atoms with E-state index in [2.05, 4.69) is 9.62 Å². The highest BCUT2D eigenvalue weighted by molar-refractivity contribution is 7.88. The van der Waals surface area contributed by atoms with Gasteiger partial charge in [0.1, 0.15) is 0 Å². The largest absolute Gasteiger partial charge is 0.305 e. The summed E-state index contributed by atoms with van der Waals surface area (Å²) in [5.74, 6) is 0. The molecule has 78 valence electrons. The van der Waals surface area contributed by atoms with Gasteiger partial charge in [-0.3, -0.25) is 0 Å². The van der Waals surface area contributed by atoms with Gasteiger partial charge in [-0.2, -0.15) is 0 Å². The molecule has 0 saturated carbocycles. The molecule has 0 aromatic carbocycles. The van der Waals surface area contributed by atoms with Crippen LogP contribution in [0.2, 0.25) is 0 Å². The summed E-state index contributed by atoms with van der Waals surface area (Å²) < 4.78 is 24.9. The first kappa shape index (κ1) is 10.9. The molecule has 0 radical (unpaired) electrons.